The highest BCUT2D eigenvalue weighted by Crippen LogP contribution is 2.54. The van der Waals surface area contributed by atoms with Gasteiger partial charge in [0.25, 0.3) is 0 Å². The average Bonchev–Trinajstić information content (AvgIpc) is 2.48. The van der Waals surface area contributed by atoms with Crippen LogP contribution in [0.2, 0.25) is 0 Å². The lowest BCUT2D eigenvalue weighted by molar-refractivity contribution is -0.516. The Balaban J connectivity index is 6.31. The summed E-state index contributed by atoms with van der Waals surface area (Å²) >= 11 is 0. The number of hydrogen-bond acceptors (Lipinski definition) is 4. The summed E-state index contributed by atoms with van der Waals surface area (Å²) in [6.45, 7) is -4.91. The van der Waals surface area contributed by atoms with Gasteiger partial charge < -0.3 is 4.74 Å². The van der Waals surface area contributed by atoms with Crippen LogP contribution in [0.4, 0.5) is 70.2 Å². The largest absolute Gasteiger partial charge is 0.460 e. The van der Waals surface area contributed by atoms with Gasteiger partial charge in [0, 0.05) is 6.92 Å². The minimum atomic E-state index is -7.71. The third kappa shape index (κ3) is 5.11. The van der Waals surface area contributed by atoms with Crippen molar-refractivity contribution < 1.29 is 92.7 Å². The number of halogens is 16. The monoisotopic (exact) mass is 542 g/mol. The van der Waals surface area contributed by atoms with E-state index in [4.69, 9.17) is 4.55 Å². The van der Waals surface area contributed by atoms with Crippen LogP contribution in [-0.4, -0.2) is 66.8 Å². The van der Waals surface area contributed by atoms with Crippen LogP contribution >= 0.6 is 0 Å². The van der Waals surface area contributed by atoms with E-state index < -0.39 is 70.9 Å². The van der Waals surface area contributed by atoms with Gasteiger partial charge in [0.05, 0.1) is 0 Å². The average molecular weight is 542 g/mol. The van der Waals surface area contributed by atoms with Gasteiger partial charge in [-0.3, -0.25) is 9.29 Å². The molecule has 0 aliphatic rings. The fraction of sp³-hybridized carbons (Fsp3) is 1.00. The summed E-state index contributed by atoms with van der Waals surface area (Å²) in [6, 6.07) is 0. The summed E-state index contributed by atoms with van der Waals surface area (Å²) in [6.07, 6.45) is -22.7. The first-order valence-corrected chi connectivity index (χ1v) is 8.19. The molecule has 0 aromatic heterocycles. The van der Waals surface area contributed by atoms with E-state index in [1.54, 1.807) is 0 Å². The topological polar surface area (TPSA) is 72.8 Å². The zero-order valence-electron chi connectivity index (χ0n) is 14.2. The molecule has 1 N–H and O–H groups in total. The van der Waals surface area contributed by atoms with Crippen molar-refractivity contribution in [2.45, 2.75) is 54.2 Å². The van der Waals surface area contributed by atoms with E-state index in [2.05, 4.69) is 4.74 Å². The van der Waals surface area contributed by atoms with Gasteiger partial charge in [-0.15, -0.1) is 0 Å². The van der Waals surface area contributed by atoms with E-state index in [9.17, 15) is 78.7 Å². The number of hydrogen-bond donors (Lipinski definition) is 1. The zero-order chi connectivity index (χ0) is 26.6. The summed E-state index contributed by atoms with van der Waals surface area (Å²) < 4.78 is 239. The molecule has 0 saturated heterocycles. The Hall–Kier alpha value is -1.29. The molecule has 0 amide bonds. The van der Waals surface area contributed by atoms with Crippen LogP contribution < -0.4 is 0 Å². The van der Waals surface area contributed by atoms with E-state index in [0.717, 1.165) is 0 Å². The smallest absolute Gasteiger partial charge is 0.309 e. The van der Waals surface area contributed by atoms with E-state index >= 15 is 0 Å². The molecule has 0 bridgehead atoms. The van der Waals surface area contributed by atoms with E-state index in [1.165, 1.54) is 4.74 Å². The molecule has 1 unspecified atom stereocenters. The molecule has 0 aromatic carbocycles. The highest BCUT2D eigenvalue weighted by atomic mass is 32.2. The lowest BCUT2D eigenvalue weighted by Gasteiger charge is -2.38. The molecule has 194 valence electrons. The van der Waals surface area contributed by atoms with Crippen LogP contribution in [0.15, 0.2) is 0 Å². The molecule has 0 aromatic rings. The number of ether oxygens (including phenoxy) is 2. The minimum Gasteiger partial charge on any atom is -0.309 e. The summed E-state index contributed by atoms with van der Waals surface area (Å²) in [5.41, 5.74) is 0. The molecule has 0 aliphatic heterocycles. The number of alkyl halides is 16. The highest BCUT2D eigenvalue weighted by Gasteiger charge is 2.82. The van der Waals surface area contributed by atoms with Gasteiger partial charge in [-0.1, -0.05) is 0 Å². The van der Waals surface area contributed by atoms with Crippen molar-refractivity contribution in [1.82, 2.24) is 0 Å². The molecule has 0 rings (SSSR count). The molecule has 22 heteroatoms. The van der Waals surface area contributed by atoms with Gasteiger partial charge in [0.1, 0.15) is 6.61 Å². The van der Waals surface area contributed by atoms with Crippen LogP contribution in [0.1, 0.15) is 6.92 Å². The van der Waals surface area contributed by atoms with Crippen molar-refractivity contribution in [3.05, 3.63) is 0 Å². The fourth-order valence-electron chi connectivity index (χ4n) is 1.35. The van der Waals surface area contributed by atoms with Crippen molar-refractivity contribution in [3.8, 4) is 0 Å². The maximum atomic E-state index is 13.7. The molecular formula is C10H6F16O5S. The first-order valence-electron chi connectivity index (χ1n) is 6.75. The maximum Gasteiger partial charge on any atom is 0.460 e. The van der Waals surface area contributed by atoms with Crippen molar-refractivity contribution >= 4 is 10.1 Å². The highest BCUT2D eigenvalue weighted by molar-refractivity contribution is 7.86. The summed E-state index contributed by atoms with van der Waals surface area (Å²) in [5.74, 6) is -26.7. The Kier molecular flexibility index (Phi) is 7.57. The van der Waals surface area contributed by atoms with Crippen molar-refractivity contribution in [3.63, 3.8) is 0 Å². The third-order valence-corrected chi connectivity index (χ3v) is 4.00. The van der Waals surface area contributed by atoms with Crippen molar-refractivity contribution in [2.24, 2.45) is 0 Å². The molecular weight excluding hydrogens is 536 g/mol. The summed E-state index contributed by atoms with van der Waals surface area (Å²) in [7, 11) is -7.53. The van der Waals surface area contributed by atoms with E-state index in [0.29, 0.717) is 0 Å². The lowest BCUT2D eigenvalue weighted by atomic mass is 10.1. The van der Waals surface area contributed by atoms with Gasteiger partial charge in [-0.05, 0) is 0 Å². The first kappa shape index (κ1) is 30.7. The summed E-state index contributed by atoms with van der Waals surface area (Å²) in [4.78, 5) is 0. The first-order chi connectivity index (χ1) is 13.4. The van der Waals surface area contributed by atoms with E-state index in [-0.39, 0.29) is 0 Å². The second-order valence-corrected chi connectivity index (χ2v) is 7.14. The molecule has 0 saturated carbocycles. The third-order valence-electron chi connectivity index (χ3n) is 3.12. The normalized spacial score (nSPS) is 17.9. The van der Waals surface area contributed by atoms with Gasteiger partial charge in [-0.25, -0.2) is 0 Å². The van der Waals surface area contributed by atoms with Crippen LogP contribution in [0.25, 0.3) is 0 Å². The molecule has 0 spiro atoms. The Labute approximate surface area is 165 Å². The molecule has 5 nitrogen and oxygen atoms in total. The number of rotatable bonds is 10. The second-order valence-electron chi connectivity index (χ2n) is 5.68. The van der Waals surface area contributed by atoms with Crippen LogP contribution in [0, 0.1) is 0 Å². The van der Waals surface area contributed by atoms with Gasteiger partial charge >= 0.3 is 57.4 Å². The Morgan fingerprint density at radius 2 is 1.09 bits per heavy atom. The van der Waals surface area contributed by atoms with Gasteiger partial charge in [0.15, 0.2) is 0 Å². The quantitative estimate of drug-likeness (QED) is 0.316. The van der Waals surface area contributed by atoms with Gasteiger partial charge in [-0.2, -0.15) is 78.7 Å². The fourth-order valence-corrected chi connectivity index (χ4v) is 1.70. The molecule has 0 fully saturated rings. The predicted octanol–water partition coefficient (Wildman–Crippen LogP) is 4.84. The predicted molar refractivity (Wildman–Crippen MR) is 63.8 cm³/mol. The zero-order valence-corrected chi connectivity index (χ0v) is 15.1. The van der Waals surface area contributed by atoms with Gasteiger partial charge in [0.2, 0.25) is 0 Å². The Morgan fingerprint density at radius 3 is 1.38 bits per heavy atom. The SMILES string of the molecule is CC(F)(F)C(F)(F)C(F)(F)COC(F)(F)C(F)(OC(F)(F)C(F)(F)S(=O)(=O)O)C(F)(F)F. The molecule has 32 heavy (non-hydrogen) atoms. The second kappa shape index (κ2) is 7.89. The maximum absolute atomic E-state index is 13.7. The van der Waals surface area contributed by atoms with Crippen LogP contribution in [0.3, 0.4) is 0 Å². The van der Waals surface area contributed by atoms with Crippen molar-refractivity contribution in [2.75, 3.05) is 6.61 Å². The molecule has 0 aliphatic carbocycles. The minimum absolute atomic E-state index is 0.935. The van der Waals surface area contributed by atoms with Crippen molar-refractivity contribution in [1.29, 1.82) is 0 Å². The Morgan fingerprint density at radius 1 is 0.719 bits per heavy atom. The molecule has 0 radical (unpaired) electrons. The lowest BCUT2D eigenvalue weighted by Crippen LogP contribution is -2.65. The van der Waals surface area contributed by atoms with Crippen LogP contribution in [0.5, 0.6) is 0 Å². The standard InChI is InChI=1S/C10H6F16O5S/c1-3(11,12)5(15,16)4(13,14)2-30-8(21,22)6(17,7(18,19)20)31-9(23,24)10(25,26)32(27,28)29/h2H2,1H3,(H,27,28,29). The Bertz CT molecular complexity index is 784. The van der Waals surface area contributed by atoms with Crippen LogP contribution in [-0.2, 0) is 19.6 Å². The summed E-state index contributed by atoms with van der Waals surface area (Å²) in [5, 5.41) is -7.29. The molecule has 1 atom stereocenters. The van der Waals surface area contributed by atoms with E-state index in [1.807, 2.05) is 0 Å². The molecule has 0 heterocycles.